The number of piperidine rings is 1. The summed E-state index contributed by atoms with van der Waals surface area (Å²) in [6.45, 7) is 5.43. The number of hydrogen-bond donors (Lipinski definition) is 1. The van der Waals surface area contributed by atoms with Gasteiger partial charge in [-0.1, -0.05) is 23.7 Å². The molecule has 1 saturated heterocycles. The van der Waals surface area contributed by atoms with E-state index in [1.165, 1.54) is 17.4 Å². The van der Waals surface area contributed by atoms with Crippen LogP contribution in [0.2, 0.25) is 4.34 Å². The zero-order valence-electron chi connectivity index (χ0n) is 20.2. The summed E-state index contributed by atoms with van der Waals surface area (Å²) in [4.78, 5) is 3.01. The van der Waals surface area contributed by atoms with Crippen molar-refractivity contribution in [1.82, 2.24) is 10.2 Å². The largest absolute Gasteiger partial charge is 0.494 e. The normalized spacial score (nSPS) is 23.4. The van der Waals surface area contributed by atoms with Gasteiger partial charge < -0.3 is 19.7 Å². The lowest BCUT2D eigenvalue weighted by Gasteiger charge is -2.45. The summed E-state index contributed by atoms with van der Waals surface area (Å²) in [5, 5.41) is 10.2. The van der Waals surface area contributed by atoms with Crippen LogP contribution in [-0.4, -0.2) is 57.6 Å². The number of benzene rings is 1. The van der Waals surface area contributed by atoms with Crippen molar-refractivity contribution in [1.29, 1.82) is 0 Å². The number of hydrogen-bond acceptors (Lipinski definition) is 7. The Morgan fingerprint density at radius 1 is 1.31 bits per heavy atom. The van der Waals surface area contributed by atoms with E-state index in [0.717, 1.165) is 55.4 Å². The highest BCUT2D eigenvalue weighted by Gasteiger charge is 2.51. The second-order valence-corrected chi connectivity index (χ2v) is 11.3. The number of hydrazone groups is 1. The molecule has 5 rings (SSSR count). The maximum Gasteiger partial charge on any atom is 0.297 e. The van der Waals surface area contributed by atoms with Crippen LogP contribution in [0.1, 0.15) is 35.8 Å². The van der Waals surface area contributed by atoms with Crippen LogP contribution in [0, 0.1) is 5.92 Å². The van der Waals surface area contributed by atoms with Crippen LogP contribution in [0.15, 0.2) is 29.4 Å². The average molecular weight is 525 g/mol. The zero-order chi connectivity index (χ0) is 24.8. The van der Waals surface area contributed by atoms with Gasteiger partial charge in [0.1, 0.15) is 23.6 Å². The Morgan fingerprint density at radius 2 is 2.09 bits per heavy atom. The molecule has 6 nitrogen and oxygen atoms in total. The van der Waals surface area contributed by atoms with Gasteiger partial charge in [0.25, 0.3) is 5.92 Å². The van der Waals surface area contributed by atoms with Crippen molar-refractivity contribution in [2.75, 3.05) is 52.0 Å². The number of nitrogens with zero attached hydrogens (tertiary/aromatic N) is 3. The molecule has 35 heavy (non-hydrogen) atoms. The van der Waals surface area contributed by atoms with E-state index in [0.29, 0.717) is 22.1 Å². The van der Waals surface area contributed by atoms with Gasteiger partial charge in [0.15, 0.2) is 0 Å². The Morgan fingerprint density at radius 3 is 2.80 bits per heavy atom. The SMILES string of the molecule is CNCc1cccc(OC)c1N1CC(CN2CCC3(CC2)OCC(F)(F)c2cc(Cl)sc23)C(C)=N1. The number of rotatable bonds is 6. The number of fused-ring (bicyclic) bond motifs is 2. The van der Waals surface area contributed by atoms with Crippen LogP contribution in [0.5, 0.6) is 5.75 Å². The standard InChI is InChI=1S/C25H31ClF2N4O2S/c1-16-18(14-32(30-16)22-17(12-29-2)5-4-6-20(22)33-3)13-31-9-7-24(8-10-31)23-19(11-21(26)35-23)25(27,28)15-34-24/h4-6,11,18,29H,7-10,12-15H2,1-3H3. The van der Waals surface area contributed by atoms with Crippen molar-refractivity contribution in [3.8, 4) is 5.75 Å². The Labute approximate surface area is 213 Å². The molecule has 3 aliphatic heterocycles. The molecule has 1 atom stereocenters. The van der Waals surface area contributed by atoms with Crippen LogP contribution < -0.4 is 15.1 Å². The number of para-hydroxylation sites is 1. The van der Waals surface area contributed by atoms with Crippen molar-refractivity contribution in [3.63, 3.8) is 0 Å². The first-order valence-corrected chi connectivity index (χ1v) is 13.1. The van der Waals surface area contributed by atoms with E-state index in [4.69, 9.17) is 26.2 Å². The molecule has 0 radical (unpaired) electrons. The van der Waals surface area contributed by atoms with Crippen LogP contribution in [-0.2, 0) is 22.8 Å². The minimum atomic E-state index is -2.98. The van der Waals surface area contributed by atoms with Crippen LogP contribution >= 0.6 is 22.9 Å². The van der Waals surface area contributed by atoms with E-state index in [-0.39, 0.29) is 11.5 Å². The number of nitrogens with one attached hydrogen (secondary N) is 1. The number of anilines is 1. The second kappa shape index (κ2) is 9.59. The predicted molar refractivity (Wildman–Crippen MR) is 136 cm³/mol. The molecule has 0 amide bonds. The van der Waals surface area contributed by atoms with E-state index in [1.54, 1.807) is 7.11 Å². The summed E-state index contributed by atoms with van der Waals surface area (Å²) < 4.78 is 40.8. The van der Waals surface area contributed by atoms with E-state index >= 15 is 0 Å². The lowest BCUT2D eigenvalue weighted by atomic mass is 9.84. The van der Waals surface area contributed by atoms with Gasteiger partial charge in [0, 0.05) is 48.2 Å². The van der Waals surface area contributed by atoms with E-state index in [9.17, 15) is 8.78 Å². The summed E-state index contributed by atoms with van der Waals surface area (Å²) in [6.07, 6.45) is 1.36. The average Bonchev–Trinajstić information content (AvgIpc) is 3.42. The first kappa shape index (κ1) is 24.9. The summed E-state index contributed by atoms with van der Waals surface area (Å²) in [5.41, 5.74) is 2.63. The highest BCUT2D eigenvalue weighted by atomic mass is 35.5. The number of ether oxygens (including phenoxy) is 2. The molecule has 0 saturated carbocycles. The summed E-state index contributed by atoms with van der Waals surface area (Å²) in [5.74, 6) is -1.89. The minimum Gasteiger partial charge on any atom is -0.494 e. The van der Waals surface area contributed by atoms with E-state index < -0.39 is 18.1 Å². The fraction of sp³-hybridized carbons (Fsp3) is 0.560. The molecule has 0 aliphatic carbocycles. The number of thiophene rings is 1. The third-order valence-electron chi connectivity index (χ3n) is 7.37. The topological polar surface area (TPSA) is 49.3 Å². The monoisotopic (exact) mass is 524 g/mol. The molecule has 1 aromatic carbocycles. The predicted octanol–water partition coefficient (Wildman–Crippen LogP) is 5.05. The summed E-state index contributed by atoms with van der Waals surface area (Å²) >= 11 is 7.38. The van der Waals surface area contributed by atoms with Gasteiger partial charge in [-0.2, -0.15) is 13.9 Å². The third-order valence-corrected chi connectivity index (χ3v) is 8.82. The molecule has 2 aromatic rings. The molecule has 190 valence electrons. The molecule has 3 aliphatic rings. The van der Waals surface area contributed by atoms with Crippen LogP contribution in [0.25, 0.3) is 0 Å². The van der Waals surface area contributed by atoms with Crippen LogP contribution in [0.4, 0.5) is 14.5 Å². The maximum atomic E-state index is 14.4. The minimum absolute atomic E-state index is 0.0517. The van der Waals surface area contributed by atoms with Crippen molar-refractivity contribution >= 4 is 34.3 Å². The molecule has 1 unspecified atom stereocenters. The Hall–Kier alpha value is -1.78. The molecular weight excluding hydrogens is 494 g/mol. The van der Waals surface area contributed by atoms with Gasteiger partial charge in [0.2, 0.25) is 0 Å². The number of methoxy groups -OCH3 is 1. The van der Waals surface area contributed by atoms with Crippen LogP contribution in [0.3, 0.4) is 0 Å². The molecule has 1 aromatic heterocycles. The van der Waals surface area contributed by atoms with Gasteiger partial charge >= 0.3 is 0 Å². The number of alkyl halides is 2. The number of halogens is 3. The van der Waals surface area contributed by atoms with Crippen molar-refractivity contribution in [2.24, 2.45) is 11.0 Å². The molecule has 0 bridgehead atoms. The summed E-state index contributed by atoms with van der Waals surface area (Å²) in [7, 11) is 3.61. The Kier molecular flexibility index (Phi) is 6.82. The van der Waals surface area contributed by atoms with Gasteiger partial charge in [-0.05, 0) is 44.5 Å². The van der Waals surface area contributed by atoms with Crippen molar-refractivity contribution < 1.29 is 18.3 Å². The van der Waals surface area contributed by atoms with Gasteiger partial charge in [-0.3, -0.25) is 5.01 Å². The number of likely N-dealkylation sites (tertiary alicyclic amines) is 1. The molecular formula is C25H31ClF2N4O2S. The Bertz CT molecular complexity index is 1120. The van der Waals surface area contributed by atoms with Gasteiger partial charge in [0.05, 0.1) is 18.0 Å². The quantitative estimate of drug-likeness (QED) is 0.573. The van der Waals surface area contributed by atoms with Gasteiger partial charge in [-0.15, -0.1) is 11.3 Å². The second-order valence-electron chi connectivity index (χ2n) is 9.60. The zero-order valence-corrected chi connectivity index (χ0v) is 21.8. The maximum absolute atomic E-state index is 14.4. The highest BCUT2D eigenvalue weighted by molar-refractivity contribution is 7.16. The van der Waals surface area contributed by atoms with Gasteiger partial charge in [-0.25, -0.2) is 0 Å². The molecule has 4 heterocycles. The van der Waals surface area contributed by atoms with Crippen molar-refractivity contribution in [3.05, 3.63) is 44.6 Å². The van der Waals surface area contributed by atoms with Crippen molar-refractivity contribution in [2.45, 2.75) is 37.8 Å². The molecule has 1 spiro atoms. The first-order valence-electron chi connectivity index (χ1n) is 11.9. The lowest BCUT2D eigenvalue weighted by Crippen LogP contribution is -2.50. The third kappa shape index (κ3) is 4.57. The summed E-state index contributed by atoms with van der Waals surface area (Å²) in [6, 6.07) is 7.48. The highest BCUT2D eigenvalue weighted by Crippen LogP contribution is 2.52. The van der Waals surface area contributed by atoms with E-state index in [1.807, 2.05) is 19.2 Å². The van der Waals surface area contributed by atoms with E-state index in [2.05, 4.69) is 28.2 Å². The molecule has 1 N–H and O–H groups in total. The smallest absolute Gasteiger partial charge is 0.297 e. The Balaban J connectivity index is 1.27. The lowest BCUT2D eigenvalue weighted by molar-refractivity contribution is -0.181. The fourth-order valence-electron chi connectivity index (χ4n) is 5.47. The fourth-order valence-corrected chi connectivity index (χ4v) is 6.95. The first-order chi connectivity index (χ1) is 16.8. The molecule has 1 fully saturated rings. The molecule has 10 heteroatoms.